The number of carbonyl (C=O) groups excluding carboxylic acids is 2. The van der Waals surface area contributed by atoms with Gasteiger partial charge in [-0.25, -0.2) is 9.18 Å². The molecule has 1 heterocycles. The number of amides is 2. The molecule has 2 atom stereocenters. The Morgan fingerprint density at radius 1 is 1.16 bits per heavy atom. The number of anilines is 2. The Labute approximate surface area is 247 Å². The Bertz CT molecular complexity index is 1310. The topological polar surface area (TPSA) is 108 Å². The second-order valence-corrected chi connectivity index (χ2v) is 11.5. The van der Waals surface area contributed by atoms with Crippen molar-refractivity contribution < 1.29 is 46.5 Å². The first-order valence-corrected chi connectivity index (χ1v) is 13.9. The van der Waals surface area contributed by atoms with E-state index in [2.05, 4.69) is 5.32 Å². The molecule has 13 heteroatoms. The standard InChI is InChI=1S/C30H37F4N3O6/c1-6-18(2)14-35-15-20-12-21-22(37(20)28(40)41)13-23(42-17-19-10-8-7-9-11-19)26(25(21)31)36(27(39)30(32,33)34)16-24(38)43-29(3,4)5/h7-11,13,18,20,35H,6,12,14-17H2,1-5H3,(H,40,41)/t18?,20-/m1/s1. The summed E-state index contributed by atoms with van der Waals surface area (Å²) in [6.07, 6.45) is -6.19. The van der Waals surface area contributed by atoms with Crippen molar-refractivity contribution in [3.05, 3.63) is 53.3 Å². The van der Waals surface area contributed by atoms with Crippen LogP contribution < -0.4 is 19.9 Å². The van der Waals surface area contributed by atoms with Crippen LogP contribution in [0.15, 0.2) is 36.4 Å². The zero-order valence-corrected chi connectivity index (χ0v) is 24.8. The van der Waals surface area contributed by atoms with Gasteiger partial charge in [0, 0.05) is 18.2 Å². The van der Waals surface area contributed by atoms with E-state index >= 15 is 4.39 Å². The summed E-state index contributed by atoms with van der Waals surface area (Å²) in [6.45, 7) is 7.66. The second-order valence-electron chi connectivity index (χ2n) is 11.5. The highest BCUT2D eigenvalue weighted by atomic mass is 19.4. The number of hydrogen-bond donors (Lipinski definition) is 2. The van der Waals surface area contributed by atoms with Gasteiger partial charge in [-0.2, -0.15) is 13.2 Å². The van der Waals surface area contributed by atoms with Crippen LogP contribution >= 0.6 is 0 Å². The van der Waals surface area contributed by atoms with E-state index in [1.54, 1.807) is 30.3 Å². The Balaban J connectivity index is 2.15. The fourth-order valence-corrected chi connectivity index (χ4v) is 4.64. The van der Waals surface area contributed by atoms with Gasteiger partial charge in [0.25, 0.3) is 0 Å². The van der Waals surface area contributed by atoms with E-state index in [-0.39, 0.29) is 41.6 Å². The van der Waals surface area contributed by atoms with Crippen LogP contribution in [-0.4, -0.2) is 60.5 Å². The number of hydrogen-bond acceptors (Lipinski definition) is 6. The number of carboxylic acid groups (broad SMARTS) is 1. The zero-order chi connectivity index (χ0) is 32.1. The van der Waals surface area contributed by atoms with Crippen LogP contribution in [0.3, 0.4) is 0 Å². The molecule has 43 heavy (non-hydrogen) atoms. The minimum Gasteiger partial charge on any atom is -0.487 e. The third kappa shape index (κ3) is 8.59. The molecule has 1 unspecified atom stereocenters. The summed E-state index contributed by atoms with van der Waals surface area (Å²) in [6, 6.07) is 8.74. The predicted octanol–water partition coefficient (Wildman–Crippen LogP) is 5.69. The lowest BCUT2D eigenvalue weighted by Gasteiger charge is -2.28. The van der Waals surface area contributed by atoms with Crippen molar-refractivity contribution in [2.75, 3.05) is 29.4 Å². The van der Waals surface area contributed by atoms with Gasteiger partial charge in [-0.05, 0) is 45.2 Å². The van der Waals surface area contributed by atoms with E-state index in [0.717, 1.165) is 17.4 Å². The third-order valence-electron chi connectivity index (χ3n) is 6.83. The molecule has 236 valence electrons. The molecule has 0 spiro atoms. The minimum absolute atomic E-state index is 0.0520. The molecular formula is C30H37F4N3O6. The summed E-state index contributed by atoms with van der Waals surface area (Å²) >= 11 is 0. The Kier molecular flexibility index (Phi) is 10.7. The van der Waals surface area contributed by atoms with Crippen molar-refractivity contribution in [1.29, 1.82) is 0 Å². The third-order valence-corrected chi connectivity index (χ3v) is 6.83. The van der Waals surface area contributed by atoms with Crippen LogP contribution in [0.1, 0.15) is 52.2 Å². The monoisotopic (exact) mass is 611 g/mol. The normalized spacial score (nSPS) is 15.6. The van der Waals surface area contributed by atoms with E-state index in [4.69, 9.17) is 9.47 Å². The van der Waals surface area contributed by atoms with Gasteiger partial charge in [0.2, 0.25) is 0 Å². The molecule has 0 saturated carbocycles. The molecular weight excluding hydrogens is 574 g/mol. The molecule has 1 aliphatic heterocycles. The van der Waals surface area contributed by atoms with Crippen molar-refractivity contribution in [3.63, 3.8) is 0 Å². The lowest BCUT2D eigenvalue weighted by molar-refractivity contribution is -0.171. The number of benzene rings is 2. The molecule has 0 aromatic heterocycles. The molecule has 0 aliphatic carbocycles. The number of esters is 1. The van der Waals surface area contributed by atoms with Crippen molar-refractivity contribution in [2.24, 2.45) is 5.92 Å². The summed E-state index contributed by atoms with van der Waals surface area (Å²) in [5.41, 5.74) is -1.81. The highest BCUT2D eigenvalue weighted by Crippen LogP contribution is 2.45. The number of halogens is 4. The van der Waals surface area contributed by atoms with Crippen LogP contribution in [0.4, 0.5) is 33.7 Å². The van der Waals surface area contributed by atoms with Crippen molar-refractivity contribution >= 4 is 29.3 Å². The molecule has 0 fully saturated rings. The van der Waals surface area contributed by atoms with Crippen LogP contribution in [-0.2, 0) is 27.4 Å². The number of nitrogens with zero attached hydrogens (tertiary/aromatic N) is 2. The van der Waals surface area contributed by atoms with Gasteiger partial charge in [-0.3, -0.25) is 19.4 Å². The van der Waals surface area contributed by atoms with Crippen LogP contribution in [0.25, 0.3) is 0 Å². The van der Waals surface area contributed by atoms with Crippen molar-refractivity contribution in [1.82, 2.24) is 5.32 Å². The number of rotatable bonds is 11. The molecule has 2 amide bonds. The van der Waals surface area contributed by atoms with Gasteiger partial charge < -0.3 is 19.9 Å². The van der Waals surface area contributed by atoms with E-state index in [0.29, 0.717) is 12.1 Å². The second kappa shape index (κ2) is 13.6. The average Bonchev–Trinajstić information content (AvgIpc) is 3.28. The van der Waals surface area contributed by atoms with E-state index in [9.17, 15) is 32.7 Å². The molecule has 9 nitrogen and oxygen atoms in total. The SMILES string of the molecule is CCC(C)CNC[C@H]1Cc2c(cc(OCc3ccccc3)c(N(CC(=O)OC(C)(C)C)C(=O)C(F)(F)F)c2F)N1C(=O)O. The Hall–Kier alpha value is -3.87. The number of alkyl halides is 3. The Morgan fingerprint density at radius 2 is 1.81 bits per heavy atom. The molecule has 2 N–H and O–H groups in total. The molecule has 1 aliphatic rings. The van der Waals surface area contributed by atoms with Crippen LogP contribution in [0.2, 0.25) is 0 Å². The highest BCUT2D eigenvalue weighted by Gasteiger charge is 2.47. The average molecular weight is 612 g/mol. The number of fused-ring (bicyclic) bond motifs is 1. The van der Waals surface area contributed by atoms with Gasteiger partial charge in [0.15, 0.2) is 5.82 Å². The number of nitrogens with one attached hydrogen (secondary N) is 1. The molecule has 2 aromatic rings. The fourth-order valence-electron chi connectivity index (χ4n) is 4.64. The summed E-state index contributed by atoms with van der Waals surface area (Å²) in [7, 11) is 0. The molecule has 2 aromatic carbocycles. The van der Waals surface area contributed by atoms with E-state index in [1.807, 2.05) is 13.8 Å². The zero-order valence-electron chi connectivity index (χ0n) is 24.8. The lowest BCUT2D eigenvalue weighted by atomic mass is 10.1. The fraction of sp³-hybridized carbons (Fsp3) is 0.500. The van der Waals surface area contributed by atoms with E-state index in [1.165, 1.54) is 20.8 Å². The maximum absolute atomic E-state index is 16.4. The van der Waals surface area contributed by atoms with E-state index < -0.39 is 59.6 Å². The first-order chi connectivity index (χ1) is 20.0. The molecule has 0 saturated heterocycles. The summed E-state index contributed by atoms with van der Waals surface area (Å²) in [5, 5.41) is 13.2. The maximum Gasteiger partial charge on any atom is 0.471 e. The van der Waals surface area contributed by atoms with Gasteiger partial charge >= 0.3 is 24.1 Å². The molecule has 3 rings (SSSR count). The smallest absolute Gasteiger partial charge is 0.471 e. The van der Waals surface area contributed by atoms with Crippen LogP contribution in [0.5, 0.6) is 5.75 Å². The molecule has 0 bridgehead atoms. The minimum atomic E-state index is -5.49. The first-order valence-electron chi connectivity index (χ1n) is 13.9. The summed E-state index contributed by atoms with van der Waals surface area (Å²) < 4.78 is 68.8. The summed E-state index contributed by atoms with van der Waals surface area (Å²) in [4.78, 5) is 38.5. The largest absolute Gasteiger partial charge is 0.487 e. The molecule has 0 radical (unpaired) electrons. The van der Waals surface area contributed by atoms with Gasteiger partial charge in [-0.1, -0.05) is 50.6 Å². The Morgan fingerprint density at radius 3 is 2.37 bits per heavy atom. The van der Waals surface area contributed by atoms with Gasteiger partial charge in [0.05, 0.1) is 11.7 Å². The van der Waals surface area contributed by atoms with Crippen molar-refractivity contribution in [3.8, 4) is 5.75 Å². The summed E-state index contributed by atoms with van der Waals surface area (Å²) in [5.74, 6) is -5.27. The van der Waals surface area contributed by atoms with Gasteiger partial charge in [-0.15, -0.1) is 0 Å². The predicted molar refractivity (Wildman–Crippen MR) is 152 cm³/mol. The van der Waals surface area contributed by atoms with Crippen molar-refractivity contribution in [2.45, 2.75) is 71.9 Å². The number of carbonyl (C=O) groups is 3. The van der Waals surface area contributed by atoms with Crippen LogP contribution in [0, 0.1) is 11.7 Å². The lowest BCUT2D eigenvalue weighted by Crippen LogP contribution is -2.46. The quantitative estimate of drug-likeness (QED) is 0.248. The number of ether oxygens (including phenoxy) is 2. The van der Waals surface area contributed by atoms with Gasteiger partial charge in [0.1, 0.15) is 30.2 Å². The maximum atomic E-state index is 16.4. The highest BCUT2D eigenvalue weighted by molar-refractivity contribution is 6.03. The first kappa shape index (κ1) is 33.6.